The van der Waals surface area contributed by atoms with Crippen LogP contribution in [0.4, 0.5) is 4.79 Å². The molecule has 0 spiro atoms. The highest BCUT2D eigenvalue weighted by atomic mass is 16.5. The molecule has 0 saturated carbocycles. The second-order valence-corrected chi connectivity index (χ2v) is 3.64. The van der Waals surface area contributed by atoms with Crippen LogP contribution in [0.3, 0.4) is 0 Å². The lowest BCUT2D eigenvalue weighted by atomic mass is 10.1. The Morgan fingerprint density at radius 1 is 1.73 bits per heavy atom. The maximum Gasteiger partial charge on any atom is 0.407 e. The van der Waals surface area contributed by atoms with E-state index < -0.39 is 0 Å². The Labute approximate surface area is 91.0 Å². The molecule has 1 aliphatic rings. The quantitative estimate of drug-likeness (QED) is 0.701. The van der Waals surface area contributed by atoms with E-state index in [1.807, 2.05) is 0 Å². The Hall–Kier alpha value is -1.21. The van der Waals surface area contributed by atoms with Crippen LogP contribution in [0.25, 0.3) is 0 Å². The van der Waals surface area contributed by atoms with Gasteiger partial charge in [-0.25, -0.2) is 4.79 Å². The van der Waals surface area contributed by atoms with Crippen LogP contribution in [0.5, 0.6) is 0 Å². The van der Waals surface area contributed by atoms with Gasteiger partial charge in [-0.2, -0.15) is 0 Å². The summed E-state index contributed by atoms with van der Waals surface area (Å²) >= 11 is 0. The maximum absolute atomic E-state index is 11.2. The largest absolute Gasteiger partial charge is 0.450 e. The van der Waals surface area contributed by atoms with Gasteiger partial charge in [-0.15, -0.1) is 6.42 Å². The van der Waals surface area contributed by atoms with Gasteiger partial charge in [0.15, 0.2) is 0 Å². The molecule has 1 N–H and O–H groups in total. The summed E-state index contributed by atoms with van der Waals surface area (Å²) in [6, 6.07) is 0.172. The number of nitrogens with one attached hydrogen (secondary N) is 1. The Bertz CT molecular complexity index is 247. The highest BCUT2D eigenvalue weighted by Crippen LogP contribution is 2.09. The van der Waals surface area contributed by atoms with Gasteiger partial charge in [0.25, 0.3) is 0 Å². The third-order valence-corrected chi connectivity index (χ3v) is 2.42. The summed E-state index contributed by atoms with van der Waals surface area (Å²) in [7, 11) is 0. The first-order valence-corrected chi connectivity index (χ1v) is 5.35. The highest BCUT2D eigenvalue weighted by Gasteiger charge is 2.20. The zero-order chi connectivity index (χ0) is 11.1. The maximum atomic E-state index is 11.2. The van der Waals surface area contributed by atoms with Gasteiger partial charge < -0.3 is 10.1 Å². The van der Waals surface area contributed by atoms with Gasteiger partial charge in [-0.1, -0.05) is 5.92 Å². The summed E-state index contributed by atoms with van der Waals surface area (Å²) in [5, 5.41) is 2.84. The van der Waals surface area contributed by atoms with Gasteiger partial charge >= 0.3 is 6.09 Å². The summed E-state index contributed by atoms with van der Waals surface area (Å²) in [5.74, 6) is 2.62. The van der Waals surface area contributed by atoms with E-state index in [1.165, 1.54) is 0 Å². The average Bonchev–Trinajstić information content (AvgIpc) is 2.19. The molecular formula is C11H18N2O2. The average molecular weight is 210 g/mol. The van der Waals surface area contributed by atoms with Crippen molar-refractivity contribution >= 4 is 6.09 Å². The zero-order valence-corrected chi connectivity index (χ0v) is 9.16. The first-order valence-electron chi connectivity index (χ1n) is 5.35. The number of terminal acetylenes is 1. The summed E-state index contributed by atoms with van der Waals surface area (Å²) in [6.07, 6.45) is 6.99. The first-order chi connectivity index (χ1) is 7.26. The van der Waals surface area contributed by atoms with Crippen molar-refractivity contribution in [2.24, 2.45) is 0 Å². The molecule has 0 bridgehead atoms. The van der Waals surface area contributed by atoms with Crippen molar-refractivity contribution in [3.05, 3.63) is 0 Å². The van der Waals surface area contributed by atoms with Gasteiger partial charge in [0, 0.05) is 12.6 Å². The van der Waals surface area contributed by atoms with Crippen molar-refractivity contribution in [1.82, 2.24) is 10.2 Å². The minimum Gasteiger partial charge on any atom is -0.450 e. The summed E-state index contributed by atoms with van der Waals surface area (Å²) in [6.45, 7) is 4.70. The predicted molar refractivity (Wildman–Crippen MR) is 58.5 cm³/mol. The van der Waals surface area contributed by atoms with Crippen LogP contribution in [0, 0.1) is 12.3 Å². The topological polar surface area (TPSA) is 41.6 Å². The van der Waals surface area contributed by atoms with E-state index in [9.17, 15) is 4.79 Å². The monoisotopic (exact) mass is 210 g/mol. The number of alkyl carbamates (subject to hydrolysis) is 1. The first kappa shape index (κ1) is 11.9. The van der Waals surface area contributed by atoms with Crippen molar-refractivity contribution in [2.75, 3.05) is 26.2 Å². The lowest BCUT2D eigenvalue weighted by Crippen LogP contribution is -2.47. The van der Waals surface area contributed by atoms with Crippen LogP contribution in [-0.4, -0.2) is 43.3 Å². The third-order valence-electron chi connectivity index (χ3n) is 2.42. The van der Waals surface area contributed by atoms with E-state index in [4.69, 9.17) is 11.2 Å². The Morgan fingerprint density at radius 2 is 2.53 bits per heavy atom. The van der Waals surface area contributed by atoms with Crippen LogP contribution in [0.2, 0.25) is 0 Å². The van der Waals surface area contributed by atoms with Gasteiger partial charge in [-0.3, -0.25) is 4.90 Å². The van der Waals surface area contributed by atoms with Crippen molar-refractivity contribution in [1.29, 1.82) is 0 Å². The normalized spacial score (nSPS) is 21.7. The number of ether oxygens (including phenoxy) is 1. The fourth-order valence-electron chi connectivity index (χ4n) is 1.79. The van der Waals surface area contributed by atoms with Gasteiger partial charge in [-0.05, 0) is 26.3 Å². The molecule has 15 heavy (non-hydrogen) atoms. The van der Waals surface area contributed by atoms with E-state index in [2.05, 4.69) is 16.1 Å². The molecular weight excluding hydrogens is 192 g/mol. The second-order valence-electron chi connectivity index (χ2n) is 3.64. The van der Waals surface area contributed by atoms with Crippen molar-refractivity contribution in [2.45, 2.75) is 25.8 Å². The van der Waals surface area contributed by atoms with Crippen molar-refractivity contribution in [3.63, 3.8) is 0 Å². The molecule has 0 aromatic carbocycles. The zero-order valence-electron chi connectivity index (χ0n) is 9.16. The van der Waals surface area contributed by atoms with Gasteiger partial charge in [0.1, 0.15) is 0 Å². The van der Waals surface area contributed by atoms with Crippen molar-refractivity contribution in [3.8, 4) is 12.3 Å². The number of carbonyl (C=O) groups excluding carboxylic acids is 1. The SMILES string of the molecule is C#CCN1CCCC(NC(=O)OCC)C1. The molecule has 1 unspecified atom stereocenters. The van der Waals surface area contributed by atoms with Gasteiger partial charge in [0.05, 0.1) is 13.2 Å². The molecule has 4 nitrogen and oxygen atoms in total. The standard InChI is InChI=1S/C11H18N2O2/c1-3-7-13-8-5-6-10(9-13)12-11(14)15-4-2/h1,10H,4-9H2,2H3,(H,12,14). The van der Waals surface area contributed by atoms with E-state index in [0.29, 0.717) is 13.2 Å². The Morgan fingerprint density at radius 3 is 3.20 bits per heavy atom. The summed E-state index contributed by atoms with van der Waals surface area (Å²) in [5.41, 5.74) is 0. The number of rotatable bonds is 3. The number of carbonyl (C=O) groups is 1. The van der Waals surface area contributed by atoms with Crippen LogP contribution < -0.4 is 5.32 Å². The molecule has 1 heterocycles. The molecule has 1 amide bonds. The molecule has 0 aromatic heterocycles. The van der Waals surface area contributed by atoms with E-state index in [1.54, 1.807) is 6.92 Å². The summed E-state index contributed by atoms with van der Waals surface area (Å²) < 4.78 is 4.83. The molecule has 4 heteroatoms. The number of piperidine rings is 1. The molecule has 0 radical (unpaired) electrons. The van der Waals surface area contributed by atoms with E-state index in [-0.39, 0.29) is 12.1 Å². The third kappa shape index (κ3) is 4.22. The number of hydrogen-bond donors (Lipinski definition) is 1. The molecule has 1 atom stereocenters. The van der Waals surface area contributed by atoms with E-state index in [0.717, 1.165) is 25.9 Å². The smallest absolute Gasteiger partial charge is 0.407 e. The number of likely N-dealkylation sites (tertiary alicyclic amines) is 1. The fraction of sp³-hybridized carbons (Fsp3) is 0.727. The molecule has 1 saturated heterocycles. The van der Waals surface area contributed by atoms with Gasteiger partial charge in [0.2, 0.25) is 0 Å². The molecule has 1 aliphatic heterocycles. The van der Waals surface area contributed by atoms with Crippen LogP contribution >= 0.6 is 0 Å². The Kier molecular flexibility index (Phi) is 4.99. The molecule has 1 rings (SSSR count). The lowest BCUT2D eigenvalue weighted by molar-refractivity contribution is 0.137. The van der Waals surface area contributed by atoms with Crippen molar-refractivity contribution < 1.29 is 9.53 Å². The minimum atomic E-state index is -0.329. The predicted octanol–water partition coefficient (Wildman–Crippen LogP) is 0.830. The lowest BCUT2D eigenvalue weighted by Gasteiger charge is -2.31. The minimum absolute atomic E-state index is 0.172. The molecule has 0 aromatic rings. The van der Waals surface area contributed by atoms with Crippen LogP contribution in [0.15, 0.2) is 0 Å². The fourth-order valence-corrected chi connectivity index (χ4v) is 1.79. The highest BCUT2D eigenvalue weighted by molar-refractivity contribution is 5.67. The second kappa shape index (κ2) is 6.31. The van der Waals surface area contributed by atoms with Crippen LogP contribution in [-0.2, 0) is 4.74 Å². The number of nitrogens with zero attached hydrogens (tertiary/aromatic N) is 1. The number of amides is 1. The molecule has 0 aliphatic carbocycles. The number of hydrogen-bond acceptors (Lipinski definition) is 3. The summed E-state index contributed by atoms with van der Waals surface area (Å²) in [4.78, 5) is 13.4. The molecule has 1 fully saturated rings. The van der Waals surface area contributed by atoms with E-state index >= 15 is 0 Å². The van der Waals surface area contributed by atoms with Crippen LogP contribution in [0.1, 0.15) is 19.8 Å². The Balaban J connectivity index is 2.30. The molecule has 84 valence electrons.